The van der Waals surface area contributed by atoms with Gasteiger partial charge >= 0.3 is 0 Å². The zero-order chi connectivity index (χ0) is 95.9. The van der Waals surface area contributed by atoms with Crippen LogP contribution in [0.1, 0.15) is 66.8 Å². The van der Waals surface area contributed by atoms with E-state index in [0.29, 0.717) is 0 Å². The third-order valence-electron chi connectivity index (χ3n) is 30.2. The molecule has 0 bridgehead atoms. The molecule has 4 aromatic heterocycles. The number of hydrogen-bond donors (Lipinski definition) is 0. The molecule has 3 aliphatic rings. The molecule has 26 aromatic rings. The van der Waals surface area contributed by atoms with Crippen LogP contribution in [-0.2, 0) is 16.2 Å². The Kier molecular flexibility index (Phi) is 20.9. The van der Waals surface area contributed by atoms with Crippen LogP contribution in [0.3, 0.4) is 0 Å². The normalized spacial score (nSPS) is 13.0. The van der Waals surface area contributed by atoms with Crippen molar-refractivity contribution in [1.29, 1.82) is 0 Å². The minimum Gasteiger partial charge on any atom is -0.256 e. The highest BCUT2D eigenvalue weighted by molar-refractivity contribution is 6.11. The highest BCUT2D eigenvalue weighted by Crippen LogP contribution is 2.62. The Balaban J connectivity index is 0.000000108. The van der Waals surface area contributed by atoms with E-state index < -0.39 is 16.2 Å². The molecule has 145 heavy (non-hydrogen) atoms. The molecule has 0 saturated heterocycles. The van der Waals surface area contributed by atoms with E-state index in [1.165, 1.54) is 138 Å². The summed E-state index contributed by atoms with van der Waals surface area (Å²) in [6.45, 7) is 0. The standard InChI is InChI=1S/C49H32N2.C47H30N2.C43H28N2/c1-5-15-33(16-6-1)47-48(34-17-7-2-8-18-34)51-46-32-38(26-28-45(46)50-47)37-25-27-41-42-29-35-19-13-14-20-36(35)30-44(42)49(43(41)31-37,39-21-9-3-10-22-39)40-23-11-4-12-24-40;1-4-15-32(16-5-1)44-40-27-24-31-14-12-13-23-38(31)45(40)49-46(48-44)35-25-26-39-41-28-33-17-10-11-18-34(33)29-43(41)47(42(39)30-35,36-19-6-2-7-20-36)37-21-8-3-9-22-37;1-4-13-29(14-5-1)42-36-21-12-24-44-41(36)28-40(45-42)32-22-23-35-37-25-30-15-10-11-16-31(30)26-39(37)43(38(35)27-32,33-17-6-2-7-18-33)34-19-8-3-9-20-34/h1-32H;1-30H;1-28H. The van der Waals surface area contributed by atoms with E-state index >= 15 is 0 Å². The lowest BCUT2D eigenvalue weighted by Gasteiger charge is -2.34. The fraction of sp³-hybridized carbons (Fsp3) is 0.0216. The quantitative estimate of drug-likeness (QED) is 0.107. The molecular formula is C139H90N6. The van der Waals surface area contributed by atoms with E-state index in [-0.39, 0.29) is 0 Å². The molecule has 0 unspecified atom stereocenters. The molecule has 0 fully saturated rings. The molecule has 3 aliphatic carbocycles. The van der Waals surface area contributed by atoms with Gasteiger partial charge in [0, 0.05) is 55.7 Å². The summed E-state index contributed by atoms with van der Waals surface area (Å²) in [5, 5.41) is 11.9. The molecule has 0 aliphatic heterocycles. The van der Waals surface area contributed by atoms with Crippen LogP contribution in [0.25, 0.3) is 188 Å². The number of hydrogen-bond acceptors (Lipinski definition) is 6. The van der Waals surface area contributed by atoms with Gasteiger partial charge in [-0.25, -0.2) is 24.9 Å². The maximum Gasteiger partial charge on any atom is 0.160 e. The molecule has 676 valence electrons. The van der Waals surface area contributed by atoms with Crippen LogP contribution >= 0.6 is 0 Å². The number of rotatable bonds is 13. The number of nitrogens with zero attached hydrogens (tertiary/aromatic N) is 6. The van der Waals surface area contributed by atoms with Gasteiger partial charge in [-0.05, 0) is 240 Å². The minimum absolute atomic E-state index is 0.491. The van der Waals surface area contributed by atoms with Crippen LogP contribution in [0, 0.1) is 0 Å². The summed E-state index contributed by atoms with van der Waals surface area (Å²) in [4.78, 5) is 31.3. The lowest BCUT2D eigenvalue weighted by atomic mass is 9.67. The molecule has 0 spiro atoms. The fourth-order valence-electron chi connectivity index (χ4n) is 23.7. The van der Waals surface area contributed by atoms with Crippen molar-refractivity contribution in [3.05, 3.63) is 613 Å². The Morgan fingerprint density at radius 1 is 0.152 bits per heavy atom. The molecule has 0 N–H and O–H groups in total. The van der Waals surface area contributed by atoms with E-state index in [1.807, 2.05) is 30.5 Å². The number of fused-ring (bicyclic) bond motifs is 17. The molecule has 6 nitrogen and oxygen atoms in total. The van der Waals surface area contributed by atoms with Crippen molar-refractivity contribution in [3.63, 3.8) is 0 Å². The lowest BCUT2D eigenvalue weighted by molar-refractivity contribution is 0.769. The topological polar surface area (TPSA) is 77.3 Å². The summed E-state index contributed by atoms with van der Waals surface area (Å²) >= 11 is 0. The summed E-state index contributed by atoms with van der Waals surface area (Å²) in [6, 6.07) is 194. The van der Waals surface area contributed by atoms with Gasteiger partial charge < -0.3 is 0 Å². The first-order valence-corrected chi connectivity index (χ1v) is 49.7. The van der Waals surface area contributed by atoms with E-state index in [4.69, 9.17) is 29.9 Å². The predicted molar refractivity (Wildman–Crippen MR) is 599 cm³/mol. The highest BCUT2D eigenvalue weighted by Gasteiger charge is 2.50. The van der Waals surface area contributed by atoms with Gasteiger partial charge in [-0.15, -0.1) is 0 Å². The Labute approximate surface area is 841 Å². The zero-order valence-corrected chi connectivity index (χ0v) is 79.1. The van der Waals surface area contributed by atoms with Crippen molar-refractivity contribution in [2.45, 2.75) is 16.2 Å². The van der Waals surface area contributed by atoms with E-state index in [9.17, 15) is 0 Å². The van der Waals surface area contributed by atoms with Gasteiger partial charge in [-0.3, -0.25) is 4.98 Å². The third-order valence-corrected chi connectivity index (χ3v) is 30.2. The highest BCUT2D eigenvalue weighted by atomic mass is 14.9. The first-order chi connectivity index (χ1) is 71.9. The van der Waals surface area contributed by atoms with Gasteiger partial charge in [0.15, 0.2) is 5.82 Å². The third kappa shape index (κ3) is 14.2. The molecule has 22 aromatic carbocycles. The van der Waals surface area contributed by atoms with Gasteiger partial charge in [0.1, 0.15) is 0 Å². The number of pyridine rings is 2. The second-order valence-electron chi connectivity index (χ2n) is 38.1. The molecular weight excluding hydrogens is 1750 g/mol. The van der Waals surface area contributed by atoms with Crippen LogP contribution in [0.5, 0.6) is 0 Å². The van der Waals surface area contributed by atoms with Crippen LogP contribution < -0.4 is 0 Å². The van der Waals surface area contributed by atoms with E-state index in [0.717, 1.165) is 117 Å². The smallest absolute Gasteiger partial charge is 0.160 e. The van der Waals surface area contributed by atoms with Crippen LogP contribution in [0.4, 0.5) is 0 Å². The molecule has 4 heterocycles. The minimum atomic E-state index is -0.529. The first-order valence-electron chi connectivity index (χ1n) is 49.7. The average molecular weight is 1840 g/mol. The second-order valence-corrected chi connectivity index (χ2v) is 38.1. The van der Waals surface area contributed by atoms with Gasteiger partial charge in [0.05, 0.1) is 66.8 Å². The molecule has 0 atom stereocenters. The summed E-state index contributed by atoms with van der Waals surface area (Å²) < 4.78 is 0. The molecule has 0 saturated carbocycles. The van der Waals surface area contributed by atoms with Crippen LogP contribution in [-0.4, -0.2) is 29.9 Å². The molecule has 0 amide bonds. The summed E-state index contributed by atoms with van der Waals surface area (Å²) in [6.07, 6.45) is 1.86. The average Bonchev–Trinajstić information content (AvgIpc) is 1.54. The molecule has 0 radical (unpaired) electrons. The maximum atomic E-state index is 5.36. The Hall–Kier alpha value is -18.9. The Bertz CT molecular complexity index is 9410. The van der Waals surface area contributed by atoms with Gasteiger partial charge in [-0.2, -0.15) is 0 Å². The van der Waals surface area contributed by atoms with Gasteiger partial charge in [-0.1, -0.05) is 449 Å². The lowest BCUT2D eigenvalue weighted by Crippen LogP contribution is -2.28. The predicted octanol–water partition coefficient (Wildman–Crippen LogP) is 34.3. The largest absolute Gasteiger partial charge is 0.256 e. The van der Waals surface area contributed by atoms with E-state index in [1.54, 1.807) is 0 Å². The summed E-state index contributed by atoms with van der Waals surface area (Å²) in [5.41, 5.74) is 38.2. The number of aromatic nitrogens is 6. The fourth-order valence-corrected chi connectivity index (χ4v) is 23.7. The van der Waals surface area contributed by atoms with Gasteiger partial charge in [0.25, 0.3) is 0 Å². The maximum absolute atomic E-state index is 5.36. The van der Waals surface area contributed by atoms with Crippen molar-refractivity contribution in [2.24, 2.45) is 0 Å². The zero-order valence-electron chi connectivity index (χ0n) is 79.1. The van der Waals surface area contributed by atoms with Crippen molar-refractivity contribution in [2.75, 3.05) is 0 Å². The number of benzene rings is 22. The Morgan fingerprint density at radius 2 is 0.462 bits per heavy atom. The second kappa shape index (κ2) is 35.5. The van der Waals surface area contributed by atoms with E-state index in [2.05, 4.69) is 516 Å². The summed E-state index contributed by atoms with van der Waals surface area (Å²) in [5.74, 6) is 0.724. The first kappa shape index (κ1) is 85.3. The van der Waals surface area contributed by atoms with Crippen LogP contribution in [0.15, 0.2) is 546 Å². The van der Waals surface area contributed by atoms with Crippen molar-refractivity contribution < 1.29 is 0 Å². The van der Waals surface area contributed by atoms with Crippen molar-refractivity contribution in [1.82, 2.24) is 29.9 Å². The van der Waals surface area contributed by atoms with Crippen LogP contribution in [0.2, 0.25) is 0 Å². The monoisotopic (exact) mass is 1840 g/mol. The van der Waals surface area contributed by atoms with Crippen molar-refractivity contribution >= 4 is 75.9 Å². The molecule has 29 rings (SSSR count). The van der Waals surface area contributed by atoms with Crippen molar-refractivity contribution in [3.8, 4) is 112 Å². The summed E-state index contributed by atoms with van der Waals surface area (Å²) in [7, 11) is 0. The molecule has 6 heteroatoms. The van der Waals surface area contributed by atoms with Gasteiger partial charge in [0.2, 0.25) is 0 Å². The SMILES string of the molecule is c1ccc(-c2nc(-c3ccc4c(c3)C(c3ccccc3)(c3ccccc3)c3cc5ccccc5cc3-4)cc3ncccc23)cc1.c1ccc(-c2nc(-c3ccc4c(c3)C(c3ccccc3)(c3ccccc3)c3cc5ccccc5cc3-4)nc3c2ccc2ccccc23)cc1.c1ccc(-c2nc3ccc(-c4ccc5c(c4)C(c4ccccc4)(c4ccccc4)c4cc6ccccc6cc4-5)cc3nc2-c2ccccc2)cc1. The Morgan fingerprint density at radius 3 is 0.883 bits per heavy atom.